The predicted octanol–water partition coefficient (Wildman–Crippen LogP) is 4.99. The minimum Gasteiger partial charge on any atom is -0.342 e. The van der Waals surface area contributed by atoms with Crippen LogP contribution in [0.1, 0.15) is 80.3 Å². The summed E-state index contributed by atoms with van der Waals surface area (Å²) < 4.78 is 41.0. The molecule has 1 atom stereocenters. The summed E-state index contributed by atoms with van der Waals surface area (Å²) in [6.07, 6.45) is 1.26. The number of nitrogens with zero attached hydrogens (tertiary/aromatic N) is 4. The van der Waals surface area contributed by atoms with Crippen LogP contribution in [0.25, 0.3) is 5.65 Å². The maximum Gasteiger partial charge on any atom is 0.391 e. The number of aromatic nitrogens is 3. The highest BCUT2D eigenvalue weighted by Crippen LogP contribution is 2.43. The summed E-state index contributed by atoms with van der Waals surface area (Å²) in [7, 11) is 0. The molecule has 3 heterocycles. The van der Waals surface area contributed by atoms with Gasteiger partial charge in [0.2, 0.25) is 5.91 Å². The van der Waals surface area contributed by atoms with E-state index in [0.717, 1.165) is 55.0 Å². The molecule has 8 heteroatoms. The first kappa shape index (κ1) is 20.8. The highest BCUT2D eigenvalue weighted by molar-refractivity contribution is 5.81. The molecule has 2 aromatic heterocycles. The Kier molecular flexibility index (Phi) is 5.21. The summed E-state index contributed by atoms with van der Waals surface area (Å²) in [5, 5.41) is 4.83. The zero-order valence-corrected chi connectivity index (χ0v) is 17.9. The molecular formula is C23H29F3N4O. The Balaban J connectivity index is 1.38. The third kappa shape index (κ3) is 4.17. The van der Waals surface area contributed by atoms with Gasteiger partial charge in [-0.25, -0.2) is 9.50 Å². The van der Waals surface area contributed by atoms with Crippen molar-refractivity contribution in [3.8, 4) is 0 Å². The van der Waals surface area contributed by atoms with E-state index in [1.807, 2.05) is 22.4 Å². The van der Waals surface area contributed by atoms with Crippen molar-refractivity contribution >= 4 is 11.6 Å². The van der Waals surface area contributed by atoms with Crippen LogP contribution >= 0.6 is 0 Å². The van der Waals surface area contributed by atoms with E-state index in [4.69, 9.17) is 5.10 Å². The number of alkyl halides is 3. The van der Waals surface area contributed by atoms with E-state index < -0.39 is 12.1 Å². The third-order valence-corrected chi connectivity index (χ3v) is 7.29. The molecule has 1 amide bonds. The van der Waals surface area contributed by atoms with E-state index in [1.54, 1.807) is 0 Å². The molecule has 0 radical (unpaired) electrons. The van der Waals surface area contributed by atoms with Crippen LogP contribution in [0.2, 0.25) is 0 Å². The number of carbonyl (C=O) groups is 1. The maximum absolute atomic E-state index is 13.0. The summed E-state index contributed by atoms with van der Waals surface area (Å²) >= 11 is 0. The van der Waals surface area contributed by atoms with Crippen LogP contribution < -0.4 is 0 Å². The molecule has 0 N–H and O–H groups in total. The minimum atomic E-state index is -4.10. The number of halogens is 3. The molecule has 168 valence electrons. The van der Waals surface area contributed by atoms with Crippen LogP contribution in [0.4, 0.5) is 13.2 Å². The summed E-state index contributed by atoms with van der Waals surface area (Å²) in [5.74, 6) is -0.425. The average Bonchev–Trinajstić information content (AvgIpc) is 3.51. The average molecular weight is 435 g/mol. The first-order valence-electron chi connectivity index (χ1n) is 11.5. The van der Waals surface area contributed by atoms with Gasteiger partial charge in [-0.2, -0.15) is 18.3 Å². The van der Waals surface area contributed by atoms with Crippen LogP contribution in [0.3, 0.4) is 0 Å². The Hall–Kier alpha value is -2.12. The molecule has 31 heavy (non-hydrogen) atoms. The van der Waals surface area contributed by atoms with Gasteiger partial charge in [-0.1, -0.05) is 0 Å². The molecule has 0 spiro atoms. The second kappa shape index (κ2) is 7.78. The summed E-state index contributed by atoms with van der Waals surface area (Å²) in [6, 6.07) is 4.01. The number of piperidine rings is 1. The Labute approximate surface area is 180 Å². The molecule has 0 aromatic carbocycles. The van der Waals surface area contributed by atoms with Crippen LogP contribution in [0.5, 0.6) is 0 Å². The topological polar surface area (TPSA) is 50.5 Å². The summed E-state index contributed by atoms with van der Waals surface area (Å²) in [5.41, 5.74) is 3.57. The van der Waals surface area contributed by atoms with Crippen molar-refractivity contribution in [2.75, 3.05) is 13.1 Å². The van der Waals surface area contributed by atoms with E-state index in [2.05, 4.69) is 11.1 Å². The normalized spacial score (nSPS) is 27.6. The third-order valence-electron chi connectivity index (χ3n) is 7.29. The van der Waals surface area contributed by atoms with Gasteiger partial charge in [0.1, 0.15) is 0 Å². The van der Waals surface area contributed by atoms with Crippen molar-refractivity contribution in [1.29, 1.82) is 0 Å². The first-order valence-corrected chi connectivity index (χ1v) is 11.5. The molecule has 5 nitrogen and oxygen atoms in total. The standard InChI is InChI=1S/C23H29F3N4O/c1-14-11-20(17-3-2-10-29(13-17)22(31)16-4-5-16)30-21(27-14)12-19(28-30)15-6-8-18(9-7-15)23(24,25)26/h11-12,15-18H,2-10,13H2,1H3/t15-,17-,18-/m1/s1. The van der Waals surface area contributed by atoms with Crippen LogP contribution in [0.15, 0.2) is 12.1 Å². The van der Waals surface area contributed by atoms with E-state index >= 15 is 0 Å². The van der Waals surface area contributed by atoms with Crippen molar-refractivity contribution in [3.63, 3.8) is 0 Å². The van der Waals surface area contributed by atoms with Crippen molar-refractivity contribution in [3.05, 3.63) is 29.2 Å². The molecule has 0 unspecified atom stereocenters. The van der Waals surface area contributed by atoms with E-state index in [-0.39, 0.29) is 36.5 Å². The Bertz CT molecular complexity index is 973. The van der Waals surface area contributed by atoms with Gasteiger partial charge in [-0.15, -0.1) is 0 Å². The van der Waals surface area contributed by atoms with E-state index in [0.29, 0.717) is 19.4 Å². The molecule has 3 aliphatic rings. The van der Waals surface area contributed by atoms with Gasteiger partial charge >= 0.3 is 6.18 Å². The number of hydrogen-bond acceptors (Lipinski definition) is 3. The highest BCUT2D eigenvalue weighted by Gasteiger charge is 2.42. The molecule has 2 saturated carbocycles. The van der Waals surface area contributed by atoms with Crippen molar-refractivity contribution < 1.29 is 18.0 Å². The first-order chi connectivity index (χ1) is 14.8. The van der Waals surface area contributed by atoms with Gasteiger partial charge in [0, 0.05) is 42.6 Å². The molecular weight excluding hydrogens is 405 g/mol. The lowest BCUT2D eigenvalue weighted by atomic mass is 9.80. The zero-order valence-electron chi connectivity index (χ0n) is 17.9. The largest absolute Gasteiger partial charge is 0.391 e. The molecule has 0 bridgehead atoms. The van der Waals surface area contributed by atoms with Crippen LogP contribution in [-0.4, -0.2) is 44.7 Å². The fourth-order valence-corrected chi connectivity index (χ4v) is 5.36. The Morgan fingerprint density at radius 1 is 1.03 bits per heavy atom. The number of aryl methyl sites for hydroxylation is 1. The number of fused-ring (bicyclic) bond motifs is 1. The molecule has 2 aromatic rings. The Morgan fingerprint density at radius 2 is 1.77 bits per heavy atom. The number of rotatable bonds is 3. The fraction of sp³-hybridized carbons (Fsp3) is 0.696. The fourth-order valence-electron chi connectivity index (χ4n) is 5.36. The number of carbonyl (C=O) groups excluding carboxylic acids is 1. The second-order valence-electron chi connectivity index (χ2n) is 9.65. The second-order valence-corrected chi connectivity index (χ2v) is 9.65. The predicted molar refractivity (Wildman–Crippen MR) is 110 cm³/mol. The van der Waals surface area contributed by atoms with Crippen LogP contribution in [0, 0.1) is 18.8 Å². The maximum atomic E-state index is 13.0. The van der Waals surface area contributed by atoms with Gasteiger partial charge in [0.25, 0.3) is 0 Å². The van der Waals surface area contributed by atoms with Crippen molar-refractivity contribution in [1.82, 2.24) is 19.5 Å². The number of hydrogen-bond donors (Lipinski definition) is 0. The molecule has 3 fully saturated rings. The van der Waals surface area contributed by atoms with Gasteiger partial charge in [-0.05, 0) is 64.4 Å². The van der Waals surface area contributed by atoms with Gasteiger partial charge in [-0.3, -0.25) is 4.79 Å². The van der Waals surface area contributed by atoms with Crippen molar-refractivity contribution in [2.45, 2.75) is 76.3 Å². The highest BCUT2D eigenvalue weighted by atomic mass is 19.4. The van der Waals surface area contributed by atoms with Gasteiger partial charge in [0.15, 0.2) is 5.65 Å². The quantitative estimate of drug-likeness (QED) is 0.684. The number of amides is 1. The summed E-state index contributed by atoms with van der Waals surface area (Å²) in [4.78, 5) is 19.2. The zero-order chi connectivity index (χ0) is 21.8. The van der Waals surface area contributed by atoms with Gasteiger partial charge in [0.05, 0.1) is 17.3 Å². The van der Waals surface area contributed by atoms with Crippen molar-refractivity contribution in [2.24, 2.45) is 11.8 Å². The molecule has 2 aliphatic carbocycles. The lowest BCUT2D eigenvalue weighted by Crippen LogP contribution is -2.40. The van der Waals surface area contributed by atoms with E-state index in [1.165, 1.54) is 0 Å². The van der Waals surface area contributed by atoms with Crippen LogP contribution in [-0.2, 0) is 4.79 Å². The molecule has 1 aliphatic heterocycles. The molecule has 5 rings (SSSR count). The van der Waals surface area contributed by atoms with E-state index in [9.17, 15) is 18.0 Å². The van der Waals surface area contributed by atoms with Gasteiger partial charge < -0.3 is 4.90 Å². The lowest BCUT2D eigenvalue weighted by molar-refractivity contribution is -0.182. The Morgan fingerprint density at radius 3 is 2.45 bits per heavy atom. The number of likely N-dealkylation sites (tertiary alicyclic amines) is 1. The SMILES string of the molecule is Cc1cc([C@@H]2CCCN(C(=O)C3CC3)C2)n2nc([C@H]3CC[C@H](C(F)(F)F)CC3)cc2n1. The summed E-state index contributed by atoms with van der Waals surface area (Å²) in [6.45, 7) is 3.49. The monoisotopic (exact) mass is 434 g/mol. The lowest BCUT2D eigenvalue weighted by Gasteiger charge is -2.33. The molecule has 1 saturated heterocycles. The smallest absolute Gasteiger partial charge is 0.342 e. The minimum absolute atomic E-state index is 0.0488.